The van der Waals surface area contributed by atoms with E-state index in [1.54, 1.807) is 0 Å². The number of piperazine rings is 1. The zero-order valence-corrected chi connectivity index (χ0v) is 15.3. The van der Waals surface area contributed by atoms with Crippen molar-refractivity contribution in [3.63, 3.8) is 0 Å². The van der Waals surface area contributed by atoms with E-state index in [0.29, 0.717) is 5.92 Å². The van der Waals surface area contributed by atoms with Gasteiger partial charge in [-0.1, -0.05) is 0 Å². The smallest absolute Gasteiger partial charge is 0.205 e. The van der Waals surface area contributed by atoms with E-state index in [9.17, 15) is 0 Å². The van der Waals surface area contributed by atoms with E-state index in [1.165, 1.54) is 18.4 Å². The van der Waals surface area contributed by atoms with Crippen LogP contribution in [0.25, 0.3) is 11.2 Å². The molecule has 4 rings (SSSR count). The third-order valence-corrected chi connectivity index (χ3v) is 4.99. The van der Waals surface area contributed by atoms with Gasteiger partial charge in [0, 0.05) is 32.4 Å². The molecule has 6 nitrogen and oxygen atoms in total. The normalized spacial score (nSPS) is 20.7. The molecule has 4 heterocycles. The first kappa shape index (κ1) is 16.7. The number of rotatable bonds is 2. The van der Waals surface area contributed by atoms with Crippen LogP contribution in [0.3, 0.4) is 0 Å². The number of imidazole rings is 1. The van der Waals surface area contributed by atoms with Crippen LogP contribution >= 0.6 is 17.0 Å². The van der Waals surface area contributed by atoms with Crippen LogP contribution in [0.4, 0.5) is 5.95 Å². The summed E-state index contributed by atoms with van der Waals surface area (Å²) in [5, 5.41) is 3.44. The summed E-state index contributed by atoms with van der Waals surface area (Å²) in [5.74, 6) is 1.60. The molecular formula is C16H25BrN6. The Kier molecular flexibility index (Phi) is 5.18. The highest BCUT2D eigenvalue weighted by Gasteiger charge is 2.22. The van der Waals surface area contributed by atoms with Gasteiger partial charge in [-0.2, -0.15) is 4.98 Å². The van der Waals surface area contributed by atoms with Gasteiger partial charge in [0.2, 0.25) is 5.95 Å². The minimum Gasteiger partial charge on any atom is -0.340 e. The molecule has 0 unspecified atom stereocenters. The number of fused-ring (bicyclic) bond motifs is 1. The van der Waals surface area contributed by atoms with Crippen molar-refractivity contribution in [3.8, 4) is 0 Å². The predicted octanol–water partition coefficient (Wildman–Crippen LogP) is 1.75. The fraction of sp³-hybridized carbons (Fsp3) is 0.625. The number of anilines is 1. The maximum absolute atomic E-state index is 4.74. The number of piperidine rings is 1. The summed E-state index contributed by atoms with van der Waals surface area (Å²) in [6, 6.07) is 2.17. The molecule has 7 heteroatoms. The molecule has 2 aliphatic rings. The highest BCUT2D eigenvalue weighted by Crippen LogP contribution is 2.30. The van der Waals surface area contributed by atoms with Crippen LogP contribution < -0.4 is 10.2 Å². The summed E-state index contributed by atoms with van der Waals surface area (Å²) in [7, 11) is 2.17. The number of nitrogens with zero attached hydrogens (tertiary/aromatic N) is 4. The molecule has 0 aromatic carbocycles. The molecule has 0 atom stereocenters. The molecule has 0 bridgehead atoms. The Bertz CT molecular complexity index is 643. The van der Waals surface area contributed by atoms with Gasteiger partial charge in [-0.15, -0.1) is 17.0 Å². The standard InChI is InChI=1S/C16H24N6.BrH/c1-21-8-10-22(11-9-21)16-19-14-13(4-7-18-15(14)20-16)12-2-5-17-6-3-12;/h4,7,12,17H,2-3,5-6,8-11H2,1H3,(H,18,19,20);1H. The van der Waals surface area contributed by atoms with Gasteiger partial charge in [0.25, 0.3) is 0 Å². The summed E-state index contributed by atoms with van der Waals surface area (Å²) in [5.41, 5.74) is 3.40. The molecule has 2 saturated heterocycles. The van der Waals surface area contributed by atoms with Crippen LogP contribution in [0.2, 0.25) is 0 Å². The van der Waals surface area contributed by atoms with Crippen molar-refractivity contribution in [1.29, 1.82) is 0 Å². The van der Waals surface area contributed by atoms with Crippen molar-refractivity contribution in [2.45, 2.75) is 18.8 Å². The Morgan fingerprint density at radius 3 is 2.61 bits per heavy atom. The molecule has 23 heavy (non-hydrogen) atoms. The van der Waals surface area contributed by atoms with Crippen LogP contribution in [0, 0.1) is 0 Å². The molecule has 0 radical (unpaired) electrons. The van der Waals surface area contributed by atoms with Gasteiger partial charge in [-0.3, -0.25) is 0 Å². The molecule has 0 saturated carbocycles. The van der Waals surface area contributed by atoms with Crippen molar-refractivity contribution < 1.29 is 0 Å². The molecule has 0 spiro atoms. The predicted molar refractivity (Wildman–Crippen MR) is 98.8 cm³/mol. The van der Waals surface area contributed by atoms with Crippen LogP contribution in [-0.2, 0) is 0 Å². The molecule has 0 aliphatic carbocycles. The van der Waals surface area contributed by atoms with E-state index >= 15 is 0 Å². The summed E-state index contributed by atoms with van der Waals surface area (Å²) in [4.78, 5) is 17.5. The van der Waals surface area contributed by atoms with Crippen molar-refractivity contribution in [2.75, 3.05) is 51.2 Å². The Labute approximate surface area is 147 Å². The zero-order valence-electron chi connectivity index (χ0n) is 13.6. The van der Waals surface area contributed by atoms with E-state index in [0.717, 1.165) is 56.4 Å². The van der Waals surface area contributed by atoms with Gasteiger partial charge in [0.05, 0.1) is 5.52 Å². The lowest BCUT2D eigenvalue weighted by molar-refractivity contribution is 0.311. The second kappa shape index (κ2) is 7.15. The minimum atomic E-state index is 0. The zero-order chi connectivity index (χ0) is 14.9. The Morgan fingerprint density at radius 2 is 1.87 bits per heavy atom. The van der Waals surface area contributed by atoms with E-state index in [4.69, 9.17) is 4.98 Å². The van der Waals surface area contributed by atoms with Crippen LogP contribution in [-0.4, -0.2) is 66.2 Å². The average molecular weight is 381 g/mol. The Hall–Kier alpha value is -1.18. The van der Waals surface area contributed by atoms with Gasteiger partial charge in [-0.25, -0.2) is 4.98 Å². The Balaban J connectivity index is 0.00000156. The quantitative estimate of drug-likeness (QED) is 0.830. The van der Waals surface area contributed by atoms with E-state index < -0.39 is 0 Å². The first-order valence-corrected chi connectivity index (χ1v) is 8.30. The number of halogens is 1. The lowest BCUT2D eigenvalue weighted by Crippen LogP contribution is -2.44. The summed E-state index contributed by atoms with van der Waals surface area (Å²) in [6.45, 7) is 6.44. The monoisotopic (exact) mass is 380 g/mol. The molecule has 2 aromatic rings. The van der Waals surface area contributed by atoms with Gasteiger partial charge in [0.1, 0.15) is 0 Å². The maximum atomic E-state index is 4.74. The van der Waals surface area contributed by atoms with E-state index in [1.807, 2.05) is 6.20 Å². The highest BCUT2D eigenvalue weighted by molar-refractivity contribution is 8.93. The number of nitrogens with one attached hydrogen (secondary N) is 2. The second-order valence-corrected chi connectivity index (χ2v) is 6.47. The summed E-state index contributed by atoms with van der Waals surface area (Å²) >= 11 is 0. The first-order chi connectivity index (χ1) is 10.8. The van der Waals surface area contributed by atoms with Crippen molar-refractivity contribution in [3.05, 3.63) is 17.8 Å². The number of aromatic nitrogens is 3. The van der Waals surface area contributed by atoms with Crippen LogP contribution in [0.1, 0.15) is 24.3 Å². The van der Waals surface area contributed by atoms with E-state index in [2.05, 4.69) is 38.2 Å². The molecule has 126 valence electrons. The fourth-order valence-corrected chi connectivity index (χ4v) is 3.56. The fourth-order valence-electron chi connectivity index (χ4n) is 3.56. The number of aromatic amines is 1. The summed E-state index contributed by atoms with van der Waals surface area (Å²) in [6.07, 6.45) is 4.30. The van der Waals surface area contributed by atoms with Crippen molar-refractivity contribution >= 4 is 34.1 Å². The number of likely N-dealkylation sites (N-methyl/N-ethyl adjacent to an activating group) is 1. The Morgan fingerprint density at radius 1 is 1.13 bits per heavy atom. The first-order valence-electron chi connectivity index (χ1n) is 8.30. The second-order valence-electron chi connectivity index (χ2n) is 6.47. The van der Waals surface area contributed by atoms with Gasteiger partial charge in [-0.05, 0) is 50.5 Å². The molecule has 0 amide bonds. The number of hydrogen-bond acceptors (Lipinski definition) is 5. The number of hydrogen-bond donors (Lipinski definition) is 2. The topological polar surface area (TPSA) is 60.1 Å². The van der Waals surface area contributed by atoms with Crippen molar-refractivity contribution in [1.82, 2.24) is 25.2 Å². The van der Waals surface area contributed by atoms with Gasteiger partial charge >= 0.3 is 0 Å². The largest absolute Gasteiger partial charge is 0.340 e. The van der Waals surface area contributed by atoms with Crippen LogP contribution in [0.15, 0.2) is 12.3 Å². The number of pyridine rings is 1. The van der Waals surface area contributed by atoms with Crippen molar-refractivity contribution in [2.24, 2.45) is 0 Å². The van der Waals surface area contributed by atoms with Crippen LogP contribution in [0.5, 0.6) is 0 Å². The molecule has 2 aliphatic heterocycles. The molecule has 2 aromatic heterocycles. The minimum absolute atomic E-state index is 0. The molecule has 2 N–H and O–H groups in total. The summed E-state index contributed by atoms with van der Waals surface area (Å²) < 4.78 is 0. The van der Waals surface area contributed by atoms with Gasteiger partial charge < -0.3 is 20.1 Å². The number of H-pyrrole nitrogens is 1. The lowest BCUT2D eigenvalue weighted by atomic mass is 9.90. The van der Waals surface area contributed by atoms with E-state index in [-0.39, 0.29) is 17.0 Å². The maximum Gasteiger partial charge on any atom is 0.205 e. The SMILES string of the molecule is Br.CN1CCN(c2nc3nccc(C4CCNCC4)c3[nH]2)CC1. The highest BCUT2D eigenvalue weighted by atomic mass is 79.9. The molecular weight excluding hydrogens is 356 g/mol. The average Bonchev–Trinajstić information content (AvgIpc) is 3.00. The third-order valence-electron chi connectivity index (χ3n) is 4.99. The molecule has 2 fully saturated rings. The third kappa shape index (κ3) is 3.36. The van der Waals surface area contributed by atoms with Gasteiger partial charge in [0.15, 0.2) is 5.65 Å². The lowest BCUT2D eigenvalue weighted by Gasteiger charge is -2.32.